The highest BCUT2D eigenvalue weighted by Gasteiger charge is 2.65. The molecule has 0 spiro atoms. The van der Waals surface area contributed by atoms with Crippen LogP contribution < -0.4 is 15.0 Å². The van der Waals surface area contributed by atoms with Gasteiger partial charge in [-0.1, -0.05) is 63.9 Å². The highest BCUT2D eigenvalue weighted by Crippen LogP contribution is 2.49. The second-order valence-electron chi connectivity index (χ2n) is 13.5. The molecule has 6 bridgehead atoms. The molecule has 1 aromatic rings. The molecule has 4 aliphatic heterocycles. The van der Waals surface area contributed by atoms with Gasteiger partial charge in [0, 0.05) is 38.7 Å². The molecule has 13 nitrogen and oxygen atoms in total. The highest BCUT2D eigenvalue weighted by atomic mass is 35.5. The standard InChI is InChI=1S/C35H46ClN3O10S2/c1-19-9-8-10-26(46-6)35(44)17-25(47-33(43)37-35)20(2)31-34(3,49-31)27-16-29(41)39(22-14-21(13-19)15-24(45-5)30(22)36)18-23(32(42)48-27)38(4)28(40)11-12-51-50-7/h8-10,14-15,20,23,25-27,31,44H,11-13,16-18H2,1-7H3,(H,37,43)/t20-,23?,25+,26-,27+,31?,34-,35+/m1/s1. The van der Waals surface area contributed by atoms with E-state index in [-0.39, 0.29) is 36.7 Å². The fourth-order valence-corrected chi connectivity index (χ4v) is 8.50. The molecule has 3 saturated heterocycles. The predicted octanol–water partition coefficient (Wildman–Crippen LogP) is 4.28. The SMILES string of the molecule is COc1cc2cc(c1Cl)N1CC(N(C)C(=O)CCSSC)C(=O)O[C@@H](CC1=O)[C@@]1(C)OC1[C@H](C)[C@@H]1C[C@@](O)(NC(=O)O1)[C@H](OC)C=CC=C(C)C2. The Morgan fingerprint density at radius 1 is 1.24 bits per heavy atom. The van der Waals surface area contributed by atoms with Crippen LogP contribution >= 0.6 is 33.2 Å². The molecular formula is C35H46ClN3O10S2. The molecule has 3 fully saturated rings. The van der Waals surface area contributed by atoms with Crippen LogP contribution in [0.3, 0.4) is 0 Å². The van der Waals surface area contributed by atoms with E-state index in [2.05, 4.69) is 5.32 Å². The largest absolute Gasteiger partial charge is 0.495 e. The van der Waals surface area contributed by atoms with Gasteiger partial charge < -0.3 is 38.6 Å². The molecule has 4 heterocycles. The van der Waals surface area contributed by atoms with Crippen molar-refractivity contribution in [2.24, 2.45) is 5.92 Å². The molecule has 0 radical (unpaired) electrons. The lowest BCUT2D eigenvalue weighted by Crippen LogP contribution is -2.63. The molecule has 3 amide bonds. The van der Waals surface area contributed by atoms with E-state index >= 15 is 0 Å². The van der Waals surface area contributed by atoms with Crippen molar-refractivity contribution in [2.75, 3.05) is 44.7 Å². The van der Waals surface area contributed by atoms with Crippen LogP contribution in [0, 0.1) is 5.92 Å². The average molecular weight is 768 g/mol. The molecule has 16 heteroatoms. The number of epoxide rings is 1. The Hall–Kier alpha value is -2.95. The van der Waals surface area contributed by atoms with Gasteiger partial charge in [-0.25, -0.2) is 9.59 Å². The molecule has 51 heavy (non-hydrogen) atoms. The van der Waals surface area contributed by atoms with Gasteiger partial charge in [0.15, 0.2) is 5.72 Å². The number of likely N-dealkylation sites (N-methyl/N-ethyl adjacent to an activating group) is 1. The Morgan fingerprint density at radius 2 is 1.98 bits per heavy atom. The minimum atomic E-state index is -1.81. The number of benzene rings is 1. The van der Waals surface area contributed by atoms with Gasteiger partial charge in [-0.15, -0.1) is 0 Å². The molecule has 2 unspecified atom stereocenters. The van der Waals surface area contributed by atoms with Crippen LogP contribution in [0.15, 0.2) is 35.9 Å². The number of carbonyl (C=O) groups excluding carboxylic acids is 4. The van der Waals surface area contributed by atoms with Gasteiger partial charge in [0.2, 0.25) is 11.8 Å². The number of halogens is 1. The van der Waals surface area contributed by atoms with E-state index in [0.29, 0.717) is 23.6 Å². The van der Waals surface area contributed by atoms with Gasteiger partial charge in [0.05, 0.1) is 31.9 Å². The zero-order chi connectivity index (χ0) is 37.2. The molecule has 0 aliphatic carbocycles. The Morgan fingerprint density at radius 3 is 2.67 bits per heavy atom. The first-order valence-electron chi connectivity index (χ1n) is 16.7. The maximum absolute atomic E-state index is 14.4. The number of fused-ring (bicyclic) bond motifs is 10. The normalized spacial score (nSPS) is 32.5. The van der Waals surface area contributed by atoms with E-state index in [4.69, 9.17) is 35.3 Å². The maximum Gasteiger partial charge on any atom is 0.409 e. The number of anilines is 1. The molecule has 8 atom stereocenters. The monoisotopic (exact) mass is 767 g/mol. The molecule has 2 N–H and O–H groups in total. The third-order valence-corrected chi connectivity index (χ3v) is 12.3. The van der Waals surface area contributed by atoms with Crippen molar-refractivity contribution >= 4 is 62.8 Å². The summed E-state index contributed by atoms with van der Waals surface area (Å²) in [7, 11) is 7.51. The highest BCUT2D eigenvalue weighted by molar-refractivity contribution is 8.76. The summed E-state index contributed by atoms with van der Waals surface area (Å²) in [6.07, 6.45) is 3.21. The summed E-state index contributed by atoms with van der Waals surface area (Å²) in [5, 5.41) is 14.4. The first-order chi connectivity index (χ1) is 24.1. The number of esters is 1. The van der Waals surface area contributed by atoms with E-state index in [1.807, 2.05) is 26.2 Å². The van der Waals surface area contributed by atoms with Crippen LogP contribution in [-0.4, -0.2) is 115 Å². The van der Waals surface area contributed by atoms with Gasteiger partial charge in [-0.2, -0.15) is 0 Å². The summed E-state index contributed by atoms with van der Waals surface area (Å²) in [6, 6.07) is 2.39. The third kappa shape index (κ3) is 8.33. The Kier molecular flexibility index (Phi) is 12.3. The summed E-state index contributed by atoms with van der Waals surface area (Å²) >= 11 is 6.90. The van der Waals surface area contributed by atoms with E-state index in [1.165, 1.54) is 52.7 Å². The Balaban J connectivity index is 1.62. The molecule has 1 aromatic carbocycles. The fourth-order valence-electron chi connectivity index (χ4n) is 7.04. The summed E-state index contributed by atoms with van der Waals surface area (Å²) in [5.41, 5.74) is -0.976. The number of aliphatic hydroxyl groups is 1. The van der Waals surface area contributed by atoms with Crippen molar-refractivity contribution in [3.8, 4) is 5.75 Å². The second kappa shape index (κ2) is 16.0. The zero-order valence-electron chi connectivity index (χ0n) is 29.8. The summed E-state index contributed by atoms with van der Waals surface area (Å²) in [4.78, 5) is 57.4. The number of alkyl carbamates (subject to hydrolysis) is 1. The predicted molar refractivity (Wildman–Crippen MR) is 195 cm³/mol. The summed E-state index contributed by atoms with van der Waals surface area (Å²) < 4.78 is 29.2. The Labute approximate surface area is 311 Å². The number of amides is 3. The summed E-state index contributed by atoms with van der Waals surface area (Å²) in [6.45, 7) is 5.26. The lowest BCUT2D eigenvalue weighted by atomic mass is 9.83. The van der Waals surface area contributed by atoms with Crippen molar-refractivity contribution < 1.29 is 48.0 Å². The van der Waals surface area contributed by atoms with E-state index in [0.717, 1.165) is 11.1 Å². The number of allylic oxidation sites excluding steroid dienone is 3. The van der Waals surface area contributed by atoms with Crippen molar-refractivity contribution in [1.29, 1.82) is 0 Å². The van der Waals surface area contributed by atoms with Crippen molar-refractivity contribution in [3.63, 3.8) is 0 Å². The first-order valence-corrected chi connectivity index (χ1v) is 19.8. The van der Waals surface area contributed by atoms with Gasteiger partial charge in [0.1, 0.15) is 40.7 Å². The van der Waals surface area contributed by atoms with Crippen LogP contribution in [0.25, 0.3) is 0 Å². The molecular weight excluding hydrogens is 722 g/mol. The minimum Gasteiger partial charge on any atom is -0.495 e. The second-order valence-corrected chi connectivity index (χ2v) is 16.6. The van der Waals surface area contributed by atoms with Crippen LogP contribution in [-0.2, 0) is 39.8 Å². The van der Waals surface area contributed by atoms with Gasteiger partial charge >= 0.3 is 12.1 Å². The van der Waals surface area contributed by atoms with E-state index in [9.17, 15) is 24.3 Å². The summed E-state index contributed by atoms with van der Waals surface area (Å²) in [5.74, 6) is -1.02. The number of hydrogen-bond acceptors (Lipinski definition) is 12. The van der Waals surface area contributed by atoms with Crippen LogP contribution in [0.2, 0.25) is 5.02 Å². The molecule has 5 rings (SSSR count). The van der Waals surface area contributed by atoms with Gasteiger partial charge in [0.25, 0.3) is 0 Å². The Bertz CT molecular complexity index is 1590. The van der Waals surface area contributed by atoms with E-state index < -0.39 is 65.7 Å². The maximum atomic E-state index is 14.4. The number of ether oxygens (including phenoxy) is 5. The minimum absolute atomic E-state index is 0.0352. The average Bonchev–Trinajstić information content (AvgIpc) is 3.77. The smallest absolute Gasteiger partial charge is 0.409 e. The van der Waals surface area contributed by atoms with E-state index in [1.54, 1.807) is 31.2 Å². The molecule has 280 valence electrons. The lowest BCUT2D eigenvalue weighted by molar-refractivity contribution is -0.163. The molecule has 4 aliphatic rings. The first kappa shape index (κ1) is 39.3. The zero-order valence-corrected chi connectivity index (χ0v) is 32.2. The van der Waals surface area contributed by atoms with Crippen molar-refractivity contribution in [1.82, 2.24) is 10.2 Å². The number of nitrogens with zero attached hydrogens (tertiary/aromatic N) is 2. The number of methoxy groups -OCH3 is 2. The van der Waals surface area contributed by atoms with Crippen molar-refractivity contribution in [2.45, 2.75) is 88.2 Å². The number of nitrogens with one attached hydrogen (secondary N) is 1. The molecule has 0 aromatic heterocycles. The lowest BCUT2D eigenvalue weighted by Gasteiger charge is -2.42. The van der Waals surface area contributed by atoms with Gasteiger partial charge in [-0.05, 0) is 44.2 Å². The fraction of sp³-hybridized carbons (Fsp3) is 0.600. The topological polar surface area (TPSA) is 156 Å². The van der Waals surface area contributed by atoms with Crippen molar-refractivity contribution in [3.05, 3.63) is 46.5 Å². The third-order valence-electron chi connectivity index (χ3n) is 10.1. The van der Waals surface area contributed by atoms with Crippen LogP contribution in [0.5, 0.6) is 5.75 Å². The quantitative estimate of drug-likeness (QED) is 0.176. The van der Waals surface area contributed by atoms with Crippen LogP contribution in [0.4, 0.5) is 10.5 Å². The number of rotatable bonds is 7. The number of carbonyl (C=O) groups is 4. The van der Waals surface area contributed by atoms with Crippen LogP contribution in [0.1, 0.15) is 45.6 Å². The number of hydrogen-bond donors (Lipinski definition) is 2. The van der Waals surface area contributed by atoms with Gasteiger partial charge in [-0.3, -0.25) is 14.9 Å². The molecule has 0 saturated carbocycles.